The summed E-state index contributed by atoms with van der Waals surface area (Å²) in [4.78, 5) is 24.3. The topological polar surface area (TPSA) is 88.1 Å². The van der Waals surface area contributed by atoms with Crippen LogP contribution in [0.25, 0.3) is 0 Å². The summed E-state index contributed by atoms with van der Waals surface area (Å²) in [6.45, 7) is 5.57. The number of carbonyl (C=O) groups excluding carboxylic acids is 2. The second-order valence-corrected chi connectivity index (χ2v) is 7.52. The fourth-order valence-corrected chi connectivity index (χ4v) is 5.10. The molecule has 2 saturated heterocycles. The average Bonchev–Trinajstić information content (AvgIpc) is 2.94. The van der Waals surface area contributed by atoms with E-state index in [9.17, 15) is 14.2 Å². The number of hydrogen-bond donors (Lipinski definition) is 0. The maximum absolute atomic E-state index is 12.9. The highest BCUT2D eigenvalue weighted by Gasteiger charge is 2.65. The molecule has 0 aliphatic carbocycles. The van der Waals surface area contributed by atoms with Crippen LogP contribution in [-0.4, -0.2) is 43.0 Å². The molecule has 0 saturated carbocycles. The Morgan fingerprint density at radius 2 is 1.68 bits per heavy atom. The number of esters is 2. The average molecular weight is 334 g/mol. The molecule has 0 N–H and O–H groups in total. The molecule has 4 unspecified atom stereocenters. The number of fused-ring (bicyclic) bond motifs is 1. The van der Waals surface area contributed by atoms with Gasteiger partial charge in [-0.2, -0.15) is 0 Å². The van der Waals surface area contributed by atoms with E-state index in [0.29, 0.717) is 6.42 Å². The van der Waals surface area contributed by atoms with Crippen molar-refractivity contribution >= 4 is 19.5 Å². The maximum atomic E-state index is 12.9. The number of unbranched alkanes of at least 4 members (excludes halogenated alkanes) is 1. The highest BCUT2D eigenvalue weighted by Crippen LogP contribution is 2.60. The SMILES string of the molecule is CCCCC1OC(=O)C2C1OC(=O)C2P(=O)(OCC)OCC. The van der Waals surface area contributed by atoms with Crippen LogP contribution in [0.5, 0.6) is 0 Å². The van der Waals surface area contributed by atoms with Crippen molar-refractivity contribution < 1.29 is 32.7 Å². The van der Waals surface area contributed by atoms with Gasteiger partial charge in [-0.1, -0.05) is 13.3 Å². The third kappa shape index (κ3) is 3.07. The fraction of sp³-hybridized carbons (Fsp3) is 0.857. The lowest BCUT2D eigenvalue weighted by molar-refractivity contribution is -0.152. The van der Waals surface area contributed by atoms with Crippen LogP contribution < -0.4 is 0 Å². The molecule has 0 aromatic heterocycles. The van der Waals surface area contributed by atoms with Crippen LogP contribution in [0.15, 0.2) is 0 Å². The van der Waals surface area contributed by atoms with E-state index in [2.05, 4.69) is 0 Å². The first kappa shape index (κ1) is 17.4. The van der Waals surface area contributed by atoms with E-state index in [1.165, 1.54) is 0 Å². The van der Waals surface area contributed by atoms with Crippen LogP contribution in [0.3, 0.4) is 0 Å². The first-order valence-electron chi connectivity index (χ1n) is 7.78. The number of cyclic esters (lactones) is 1. The quantitative estimate of drug-likeness (QED) is 0.497. The zero-order valence-corrected chi connectivity index (χ0v) is 14.0. The van der Waals surface area contributed by atoms with Gasteiger partial charge >= 0.3 is 19.5 Å². The molecule has 7 nitrogen and oxygen atoms in total. The molecule has 0 radical (unpaired) electrons. The van der Waals surface area contributed by atoms with E-state index >= 15 is 0 Å². The highest BCUT2D eigenvalue weighted by molar-refractivity contribution is 7.55. The molecular weight excluding hydrogens is 311 g/mol. The molecule has 2 aliphatic heterocycles. The van der Waals surface area contributed by atoms with Gasteiger partial charge in [0, 0.05) is 0 Å². The van der Waals surface area contributed by atoms with Crippen molar-refractivity contribution in [2.24, 2.45) is 5.92 Å². The molecule has 0 aromatic rings. The predicted molar refractivity (Wildman–Crippen MR) is 77.4 cm³/mol. The van der Waals surface area contributed by atoms with Crippen LogP contribution in [0.4, 0.5) is 0 Å². The number of carbonyl (C=O) groups is 2. The van der Waals surface area contributed by atoms with Crippen LogP contribution in [0.1, 0.15) is 40.0 Å². The molecule has 22 heavy (non-hydrogen) atoms. The summed E-state index contributed by atoms with van der Waals surface area (Å²) >= 11 is 0. The summed E-state index contributed by atoms with van der Waals surface area (Å²) in [5, 5.41) is 0. The van der Waals surface area contributed by atoms with Gasteiger partial charge in [-0.3, -0.25) is 14.2 Å². The van der Waals surface area contributed by atoms with Crippen molar-refractivity contribution in [3.8, 4) is 0 Å². The summed E-state index contributed by atoms with van der Waals surface area (Å²) in [5.74, 6) is -2.15. The van der Waals surface area contributed by atoms with Gasteiger partial charge in [0.15, 0.2) is 11.8 Å². The van der Waals surface area contributed by atoms with Crippen LogP contribution in [-0.2, 0) is 32.7 Å². The van der Waals surface area contributed by atoms with Crippen molar-refractivity contribution in [3.63, 3.8) is 0 Å². The molecule has 4 atom stereocenters. The van der Waals surface area contributed by atoms with E-state index in [0.717, 1.165) is 12.8 Å². The molecular formula is C14H23O7P. The lowest BCUT2D eigenvalue weighted by Crippen LogP contribution is -2.30. The van der Waals surface area contributed by atoms with Crippen molar-refractivity contribution in [2.75, 3.05) is 13.2 Å². The summed E-state index contributed by atoms with van der Waals surface area (Å²) in [7, 11) is -3.76. The Morgan fingerprint density at radius 3 is 2.23 bits per heavy atom. The summed E-state index contributed by atoms with van der Waals surface area (Å²) in [6, 6.07) is 0. The summed E-state index contributed by atoms with van der Waals surface area (Å²) in [6.07, 6.45) is 1.27. The van der Waals surface area contributed by atoms with Gasteiger partial charge in [0.05, 0.1) is 13.2 Å². The van der Waals surface area contributed by atoms with Crippen molar-refractivity contribution in [1.82, 2.24) is 0 Å². The predicted octanol–water partition coefficient (Wildman–Crippen LogP) is 2.28. The van der Waals surface area contributed by atoms with E-state index < -0.39 is 43.3 Å². The fourth-order valence-electron chi connectivity index (χ4n) is 2.98. The standard InChI is InChI=1S/C14H23O7P/c1-4-7-8-9-11-10(13(15)20-9)12(14(16)21-11)22(17,18-5-2)19-6-3/h9-12H,4-8H2,1-3H3. The molecule has 2 heterocycles. The second kappa shape index (κ2) is 7.11. The van der Waals surface area contributed by atoms with Gasteiger partial charge in [-0.05, 0) is 26.7 Å². The zero-order valence-electron chi connectivity index (χ0n) is 13.1. The third-order valence-corrected chi connectivity index (χ3v) is 6.34. The maximum Gasteiger partial charge on any atom is 0.345 e. The normalized spacial score (nSPS) is 31.0. The smallest absolute Gasteiger partial charge is 0.345 e. The molecule has 8 heteroatoms. The van der Waals surface area contributed by atoms with Crippen molar-refractivity contribution in [2.45, 2.75) is 57.9 Å². The Kier molecular flexibility index (Phi) is 5.64. The zero-order chi connectivity index (χ0) is 16.3. The molecule has 2 rings (SSSR count). The van der Waals surface area contributed by atoms with Gasteiger partial charge in [-0.15, -0.1) is 0 Å². The van der Waals surface area contributed by atoms with E-state index in [1.807, 2.05) is 6.92 Å². The van der Waals surface area contributed by atoms with E-state index in [-0.39, 0.29) is 13.2 Å². The van der Waals surface area contributed by atoms with Crippen molar-refractivity contribution in [3.05, 3.63) is 0 Å². The Balaban J connectivity index is 2.25. The largest absolute Gasteiger partial charge is 0.458 e. The Hall–Kier alpha value is -0.910. The first-order chi connectivity index (χ1) is 10.5. The van der Waals surface area contributed by atoms with Crippen LogP contribution >= 0.6 is 7.60 Å². The lowest BCUT2D eigenvalue weighted by Gasteiger charge is -2.22. The van der Waals surface area contributed by atoms with Crippen molar-refractivity contribution in [1.29, 1.82) is 0 Å². The number of hydrogen-bond acceptors (Lipinski definition) is 7. The molecule has 0 aromatic carbocycles. The molecule has 2 aliphatic rings. The van der Waals surface area contributed by atoms with E-state index in [1.54, 1.807) is 13.8 Å². The Morgan fingerprint density at radius 1 is 1.05 bits per heavy atom. The minimum Gasteiger partial charge on any atom is -0.458 e. The number of ether oxygens (including phenoxy) is 2. The minimum atomic E-state index is -3.76. The minimum absolute atomic E-state index is 0.118. The molecule has 2 fully saturated rings. The van der Waals surface area contributed by atoms with Gasteiger partial charge in [0.1, 0.15) is 12.0 Å². The van der Waals surface area contributed by atoms with Gasteiger partial charge in [0.2, 0.25) is 0 Å². The Bertz CT molecular complexity index is 468. The summed E-state index contributed by atoms with van der Waals surface area (Å²) < 4.78 is 33.9. The summed E-state index contributed by atoms with van der Waals surface area (Å²) in [5.41, 5.74) is -1.23. The molecule has 0 bridgehead atoms. The van der Waals surface area contributed by atoms with Crippen LogP contribution in [0, 0.1) is 5.92 Å². The van der Waals surface area contributed by atoms with Crippen LogP contribution in [0.2, 0.25) is 0 Å². The first-order valence-corrected chi connectivity index (χ1v) is 9.39. The monoisotopic (exact) mass is 334 g/mol. The molecule has 0 spiro atoms. The third-order valence-electron chi connectivity index (χ3n) is 3.89. The van der Waals surface area contributed by atoms with Gasteiger partial charge < -0.3 is 18.5 Å². The van der Waals surface area contributed by atoms with Gasteiger partial charge in [-0.25, -0.2) is 0 Å². The highest BCUT2D eigenvalue weighted by atomic mass is 31.2. The molecule has 0 amide bonds. The lowest BCUT2D eigenvalue weighted by atomic mass is 9.97. The number of rotatable bonds is 8. The van der Waals surface area contributed by atoms with Gasteiger partial charge in [0.25, 0.3) is 0 Å². The van der Waals surface area contributed by atoms with E-state index in [4.69, 9.17) is 18.5 Å². The second-order valence-electron chi connectivity index (χ2n) is 5.37. The molecule has 126 valence electrons. The Labute approximate surface area is 130 Å².